The fourth-order valence-corrected chi connectivity index (χ4v) is 1.21. The second-order valence-corrected chi connectivity index (χ2v) is 3.45. The molecule has 0 aliphatic heterocycles. The van der Waals surface area contributed by atoms with Gasteiger partial charge in [0.1, 0.15) is 0 Å². The van der Waals surface area contributed by atoms with Gasteiger partial charge in [-0.15, -0.1) is 0 Å². The Kier molecular flexibility index (Phi) is 2.98. The predicted molar refractivity (Wildman–Crippen MR) is 45.9 cm³/mol. The Bertz CT molecular complexity index is 113. The van der Waals surface area contributed by atoms with E-state index in [9.17, 15) is 0 Å². The first-order valence-electron chi connectivity index (χ1n) is 4.51. The van der Waals surface area contributed by atoms with Gasteiger partial charge in [-0.2, -0.15) is 0 Å². The summed E-state index contributed by atoms with van der Waals surface area (Å²) in [5.74, 6) is 1.93. The molecule has 0 aromatic heterocycles. The molecule has 10 heavy (non-hydrogen) atoms. The lowest BCUT2D eigenvalue weighted by atomic mass is 10.2. The SMILES string of the molecule is CCCCC=CC1CC1C. The fraction of sp³-hybridized carbons (Fsp3) is 0.800. The van der Waals surface area contributed by atoms with E-state index in [0.29, 0.717) is 0 Å². The number of hydrogen-bond acceptors (Lipinski definition) is 0. The summed E-state index contributed by atoms with van der Waals surface area (Å²) in [4.78, 5) is 0. The summed E-state index contributed by atoms with van der Waals surface area (Å²) >= 11 is 0. The van der Waals surface area contributed by atoms with Crippen LogP contribution in [0.15, 0.2) is 12.2 Å². The van der Waals surface area contributed by atoms with E-state index in [-0.39, 0.29) is 0 Å². The second-order valence-electron chi connectivity index (χ2n) is 3.45. The topological polar surface area (TPSA) is 0 Å². The van der Waals surface area contributed by atoms with Crippen molar-refractivity contribution in [3.05, 3.63) is 12.2 Å². The lowest BCUT2D eigenvalue weighted by molar-refractivity contribution is 0.807. The van der Waals surface area contributed by atoms with Crippen LogP contribution < -0.4 is 0 Å². The molecule has 0 aromatic carbocycles. The van der Waals surface area contributed by atoms with Crippen LogP contribution >= 0.6 is 0 Å². The van der Waals surface area contributed by atoms with E-state index in [1.165, 1.54) is 25.7 Å². The first-order valence-corrected chi connectivity index (χ1v) is 4.51. The number of allylic oxidation sites excluding steroid dienone is 2. The van der Waals surface area contributed by atoms with Gasteiger partial charge in [0.05, 0.1) is 0 Å². The zero-order valence-electron chi connectivity index (χ0n) is 7.14. The van der Waals surface area contributed by atoms with Gasteiger partial charge in [0.15, 0.2) is 0 Å². The van der Waals surface area contributed by atoms with Gasteiger partial charge >= 0.3 is 0 Å². The Morgan fingerprint density at radius 1 is 1.50 bits per heavy atom. The van der Waals surface area contributed by atoms with E-state index in [4.69, 9.17) is 0 Å². The van der Waals surface area contributed by atoms with Crippen molar-refractivity contribution >= 4 is 0 Å². The summed E-state index contributed by atoms with van der Waals surface area (Å²) in [6.45, 7) is 4.57. The minimum atomic E-state index is 0.942. The lowest BCUT2D eigenvalue weighted by Gasteiger charge is -1.87. The van der Waals surface area contributed by atoms with Gasteiger partial charge in [-0.3, -0.25) is 0 Å². The highest BCUT2D eigenvalue weighted by molar-refractivity contribution is 4.99. The van der Waals surface area contributed by atoms with Gasteiger partial charge in [0.2, 0.25) is 0 Å². The summed E-state index contributed by atoms with van der Waals surface area (Å²) in [5.41, 5.74) is 0. The fourth-order valence-electron chi connectivity index (χ4n) is 1.21. The molecule has 0 bridgehead atoms. The summed E-state index contributed by atoms with van der Waals surface area (Å²) in [6.07, 6.45) is 10.2. The van der Waals surface area contributed by atoms with Crippen LogP contribution in [-0.2, 0) is 0 Å². The quantitative estimate of drug-likeness (QED) is 0.412. The smallest absolute Gasteiger partial charge is 0.0205 e. The van der Waals surface area contributed by atoms with Gasteiger partial charge in [0.25, 0.3) is 0 Å². The van der Waals surface area contributed by atoms with E-state index >= 15 is 0 Å². The van der Waals surface area contributed by atoms with Crippen molar-refractivity contribution in [1.29, 1.82) is 0 Å². The maximum atomic E-state index is 2.40. The molecule has 0 heterocycles. The van der Waals surface area contributed by atoms with E-state index in [1.54, 1.807) is 0 Å². The van der Waals surface area contributed by atoms with Crippen molar-refractivity contribution in [2.75, 3.05) is 0 Å². The largest absolute Gasteiger partial charge is 0.0882 e. The number of unbranched alkanes of at least 4 members (excludes halogenated alkanes) is 2. The van der Waals surface area contributed by atoms with Crippen molar-refractivity contribution in [2.24, 2.45) is 11.8 Å². The molecular formula is C10H18. The van der Waals surface area contributed by atoms with Gasteiger partial charge in [-0.25, -0.2) is 0 Å². The van der Waals surface area contributed by atoms with Crippen molar-refractivity contribution in [1.82, 2.24) is 0 Å². The average Bonchev–Trinajstić information content (AvgIpc) is 2.60. The van der Waals surface area contributed by atoms with Crippen molar-refractivity contribution in [3.63, 3.8) is 0 Å². The Balaban J connectivity index is 1.96. The Morgan fingerprint density at radius 3 is 2.70 bits per heavy atom. The average molecular weight is 138 g/mol. The van der Waals surface area contributed by atoms with Gasteiger partial charge in [-0.1, -0.05) is 38.8 Å². The standard InChI is InChI=1S/C10H18/c1-3-4-5-6-7-10-8-9(10)2/h6-7,9-10H,3-5,8H2,1-2H3. The van der Waals surface area contributed by atoms with Crippen LogP contribution in [0, 0.1) is 11.8 Å². The molecule has 1 aliphatic carbocycles. The van der Waals surface area contributed by atoms with Crippen LogP contribution in [0.5, 0.6) is 0 Å². The molecule has 1 rings (SSSR count). The lowest BCUT2D eigenvalue weighted by Crippen LogP contribution is -1.70. The van der Waals surface area contributed by atoms with Crippen molar-refractivity contribution in [3.8, 4) is 0 Å². The molecule has 0 radical (unpaired) electrons. The molecule has 1 fully saturated rings. The van der Waals surface area contributed by atoms with Crippen LogP contribution in [0.3, 0.4) is 0 Å². The first kappa shape index (κ1) is 7.84. The molecule has 0 amide bonds. The Labute approximate surface area is 64.3 Å². The molecule has 2 unspecified atom stereocenters. The van der Waals surface area contributed by atoms with E-state index in [1.807, 2.05) is 0 Å². The van der Waals surface area contributed by atoms with Gasteiger partial charge < -0.3 is 0 Å². The third-order valence-corrected chi connectivity index (χ3v) is 2.28. The molecule has 0 aromatic rings. The van der Waals surface area contributed by atoms with Gasteiger partial charge in [0, 0.05) is 0 Å². The zero-order valence-corrected chi connectivity index (χ0v) is 7.14. The number of rotatable bonds is 4. The van der Waals surface area contributed by atoms with Crippen LogP contribution in [0.25, 0.3) is 0 Å². The van der Waals surface area contributed by atoms with E-state index in [2.05, 4.69) is 26.0 Å². The van der Waals surface area contributed by atoms with Crippen molar-refractivity contribution in [2.45, 2.75) is 39.5 Å². The summed E-state index contributed by atoms with van der Waals surface area (Å²) in [6, 6.07) is 0. The van der Waals surface area contributed by atoms with Gasteiger partial charge in [-0.05, 0) is 24.7 Å². The van der Waals surface area contributed by atoms with Crippen molar-refractivity contribution < 1.29 is 0 Å². The molecule has 2 atom stereocenters. The third-order valence-electron chi connectivity index (χ3n) is 2.28. The summed E-state index contributed by atoms with van der Waals surface area (Å²) in [5, 5.41) is 0. The molecule has 1 saturated carbocycles. The molecule has 0 N–H and O–H groups in total. The zero-order chi connectivity index (χ0) is 7.40. The Morgan fingerprint density at radius 2 is 2.20 bits per heavy atom. The van der Waals surface area contributed by atoms with Crippen LogP contribution in [0.2, 0.25) is 0 Å². The molecule has 0 saturated heterocycles. The third kappa shape index (κ3) is 2.55. The minimum absolute atomic E-state index is 0.942. The molecule has 0 spiro atoms. The summed E-state index contributed by atoms with van der Waals surface area (Å²) < 4.78 is 0. The first-order chi connectivity index (χ1) is 4.84. The minimum Gasteiger partial charge on any atom is -0.0882 e. The second kappa shape index (κ2) is 3.80. The molecule has 58 valence electrons. The molecular weight excluding hydrogens is 120 g/mol. The Hall–Kier alpha value is -0.260. The highest BCUT2D eigenvalue weighted by Crippen LogP contribution is 2.38. The molecule has 0 heteroatoms. The molecule has 1 aliphatic rings. The van der Waals surface area contributed by atoms with Crippen LogP contribution in [0.1, 0.15) is 39.5 Å². The van der Waals surface area contributed by atoms with E-state index in [0.717, 1.165) is 11.8 Å². The maximum Gasteiger partial charge on any atom is -0.0205 e. The maximum absolute atomic E-state index is 2.40. The molecule has 0 nitrogen and oxygen atoms in total. The highest BCUT2D eigenvalue weighted by atomic mass is 14.3. The monoisotopic (exact) mass is 138 g/mol. The predicted octanol–water partition coefficient (Wildman–Crippen LogP) is 3.39. The normalized spacial score (nSPS) is 31.4. The van der Waals surface area contributed by atoms with Crippen LogP contribution in [0.4, 0.5) is 0 Å². The highest BCUT2D eigenvalue weighted by Gasteiger charge is 2.29. The van der Waals surface area contributed by atoms with E-state index < -0.39 is 0 Å². The van der Waals surface area contributed by atoms with Crippen LogP contribution in [-0.4, -0.2) is 0 Å². The number of hydrogen-bond donors (Lipinski definition) is 0. The summed E-state index contributed by atoms with van der Waals surface area (Å²) in [7, 11) is 0.